The zero-order valence-electron chi connectivity index (χ0n) is 43.8. The summed E-state index contributed by atoms with van der Waals surface area (Å²) in [5, 5.41) is 1.40. The van der Waals surface area contributed by atoms with Crippen LogP contribution in [-0.4, -0.2) is 6.71 Å². The summed E-state index contributed by atoms with van der Waals surface area (Å²) in [7, 11) is 0. The molecule has 0 amide bonds. The van der Waals surface area contributed by atoms with Crippen LogP contribution in [0.15, 0.2) is 109 Å². The van der Waals surface area contributed by atoms with Gasteiger partial charge in [-0.3, -0.25) is 0 Å². The average Bonchev–Trinajstić information content (AvgIpc) is 3.65. The molecule has 0 spiro atoms. The van der Waals surface area contributed by atoms with Crippen LogP contribution in [0.2, 0.25) is 0 Å². The van der Waals surface area contributed by atoms with Gasteiger partial charge >= 0.3 is 0 Å². The predicted molar refractivity (Wildman–Crippen MR) is 299 cm³/mol. The molecule has 2 nitrogen and oxygen atoms in total. The molecule has 7 aromatic rings. The van der Waals surface area contributed by atoms with Crippen molar-refractivity contribution >= 4 is 78.0 Å². The van der Waals surface area contributed by atoms with Crippen molar-refractivity contribution in [3.63, 3.8) is 0 Å². The fourth-order valence-corrected chi connectivity index (χ4v) is 13.8. The van der Waals surface area contributed by atoms with E-state index in [0.29, 0.717) is 11.8 Å². The summed E-state index contributed by atoms with van der Waals surface area (Å²) in [5.74, 6) is 1.08. The van der Waals surface area contributed by atoms with E-state index in [1.54, 1.807) is 11.1 Å². The van der Waals surface area contributed by atoms with E-state index in [1.807, 2.05) is 0 Å². The van der Waals surface area contributed by atoms with E-state index in [2.05, 4.69) is 234 Å². The molecule has 0 saturated heterocycles. The van der Waals surface area contributed by atoms with Gasteiger partial charge in [-0.1, -0.05) is 158 Å². The van der Waals surface area contributed by atoms with Crippen molar-refractivity contribution in [1.29, 1.82) is 0 Å². The molecule has 6 aromatic carbocycles. The summed E-state index contributed by atoms with van der Waals surface area (Å²) < 4.78 is 2.88. The largest absolute Gasteiger partial charge is 0.311 e. The molecule has 348 valence electrons. The monoisotopic (exact) mass is 913 g/mol. The van der Waals surface area contributed by atoms with Gasteiger partial charge in [0.15, 0.2) is 0 Å². The maximum Gasteiger partial charge on any atom is 0.264 e. The van der Waals surface area contributed by atoms with Crippen molar-refractivity contribution in [1.82, 2.24) is 0 Å². The van der Waals surface area contributed by atoms with Gasteiger partial charge < -0.3 is 9.80 Å². The van der Waals surface area contributed by atoms with Crippen molar-refractivity contribution in [2.24, 2.45) is 0 Å². The van der Waals surface area contributed by atoms with Crippen molar-refractivity contribution in [2.45, 2.75) is 168 Å². The molecule has 0 saturated carbocycles. The second-order valence-corrected chi connectivity index (χ2v) is 26.9. The lowest BCUT2D eigenvalue weighted by molar-refractivity contribution is 0.332. The minimum absolute atomic E-state index is 0.0132. The SMILES string of the molecule is CC1CCC(C)c2cc3c4c(sc3cc21)B1c2cc3c(cc2N(c2ccc(C(C)(C)C)cc2)c2cc(C(C)(C)C)cc(c21)N4c1ccc(C(C)(C)C)cc1-c1ccccc1)C(C)(C)CCC3(C)C. The summed E-state index contributed by atoms with van der Waals surface area (Å²) in [6.07, 6.45) is 4.85. The van der Waals surface area contributed by atoms with E-state index < -0.39 is 0 Å². The number of thiophene rings is 1. The van der Waals surface area contributed by atoms with Gasteiger partial charge in [0.2, 0.25) is 0 Å². The van der Waals surface area contributed by atoms with Gasteiger partial charge in [0.05, 0.1) is 11.4 Å². The number of fused-ring (bicyclic) bond motifs is 8. The molecule has 2 atom stereocenters. The molecule has 4 aliphatic rings. The maximum atomic E-state index is 2.76. The first-order valence-corrected chi connectivity index (χ1v) is 26.6. The number of nitrogens with zero attached hydrogens (tertiary/aromatic N) is 2. The van der Waals surface area contributed by atoms with Gasteiger partial charge in [0, 0.05) is 43.2 Å². The summed E-state index contributed by atoms with van der Waals surface area (Å²) in [5.41, 5.74) is 23.4. The molecule has 0 radical (unpaired) electrons. The van der Waals surface area contributed by atoms with Gasteiger partial charge in [0.25, 0.3) is 6.71 Å². The van der Waals surface area contributed by atoms with E-state index in [4.69, 9.17) is 0 Å². The zero-order chi connectivity index (χ0) is 48.2. The normalized spacial score (nSPS) is 19.3. The zero-order valence-corrected chi connectivity index (χ0v) is 44.6. The second-order valence-electron chi connectivity index (χ2n) is 25.8. The average molecular weight is 913 g/mol. The van der Waals surface area contributed by atoms with Crippen molar-refractivity contribution in [3.05, 3.63) is 148 Å². The van der Waals surface area contributed by atoms with Crippen LogP contribution in [0.5, 0.6) is 0 Å². The van der Waals surface area contributed by atoms with Crippen LogP contribution in [0.1, 0.15) is 180 Å². The Morgan fingerprint density at radius 3 is 1.71 bits per heavy atom. The smallest absolute Gasteiger partial charge is 0.264 e. The van der Waals surface area contributed by atoms with Crippen LogP contribution in [0.4, 0.5) is 34.1 Å². The highest BCUT2D eigenvalue weighted by molar-refractivity contribution is 7.33. The topological polar surface area (TPSA) is 6.48 Å². The van der Waals surface area contributed by atoms with E-state index >= 15 is 0 Å². The van der Waals surface area contributed by atoms with Crippen LogP contribution < -0.4 is 25.5 Å². The van der Waals surface area contributed by atoms with Crippen LogP contribution in [0.3, 0.4) is 0 Å². The van der Waals surface area contributed by atoms with E-state index in [1.165, 1.54) is 125 Å². The molecule has 2 unspecified atom stereocenters. The summed E-state index contributed by atoms with van der Waals surface area (Å²) in [4.78, 5) is 5.44. The highest BCUT2D eigenvalue weighted by Crippen LogP contribution is 2.55. The fraction of sp³-hybridized carbons (Fsp3) is 0.406. The first-order valence-electron chi connectivity index (χ1n) is 25.8. The second kappa shape index (κ2) is 15.2. The lowest BCUT2D eigenvalue weighted by atomic mass is 9.35. The first-order chi connectivity index (χ1) is 31.9. The third-order valence-electron chi connectivity index (χ3n) is 17.0. The molecule has 68 heavy (non-hydrogen) atoms. The number of hydrogen-bond donors (Lipinski definition) is 0. The molecule has 4 heteroatoms. The quantitative estimate of drug-likeness (QED) is 0.163. The van der Waals surface area contributed by atoms with Gasteiger partial charge in [-0.15, -0.1) is 11.3 Å². The minimum atomic E-state index is -0.114. The third-order valence-corrected chi connectivity index (χ3v) is 18.2. The standard InChI is InChI=1S/C64H73BN2S/c1-38-21-22-39(2)46-35-56-48(34-45(38)46)58-59(68-56)65-51-36-49-50(64(14,15)30-29-63(49,12)13)37-53(51)66(44-26-23-41(24-27-44)60(3,4)5)54-32-43(62(9,10)11)33-55(57(54)65)67(58)52-28-25-42(61(6,7)8)31-47(52)40-19-17-16-18-20-40/h16-20,23-28,31-39H,21-22,29-30H2,1-15H3. The fourth-order valence-electron chi connectivity index (χ4n) is 12.4. The highest BCUT2D eigenvalue weighted by atomic mass is 32.1. The van der Waals surface area contributed by atoms with E-state index in [0.717, 1.165) is 0 Å². The van der Waals surface area contributed by atoms with Gasteiger partial charge in [-0.05, 0) is 175 Å². The molecule has 3 heterocycles. The van der Waals surface area contributed by atoms with E-state index in [-0.39, 0.29) is 33.8 Å². The number of benzene rings is 6. The summed E-state index contributed by atoms with van der Waals surface area (Å²) >= 11 is 2.07. The Morgan fingerprint density at radius 1 is 0.544 bits per heavy atom. The van der Waals surface area contributed by atoms with Crippen LogP contribution in [-0.2, 0) is 27.1 Å². The Bertz CT molecular complexity index is 3160. The number of anilines is 6. The Kier molecular flexibility index (Phi) is 10.2. The van der Waals surface area contributed by atoms with Gasteiger partial charge in [0.1, 0.15) is 0 Å². The lowest BCUT2D eigenvalue weighted by Gasteiger charge is -2.47. The predicted octanol–water partition coefficient (Wildman–Crippen LogP) is 16.9. The Labute approximate surface area is 413 Å². The van der Waals surface area contributed by atoms with Crippen LogP contribution in [0, 0.1) is 0 Å². The molecular formula is C64H73BN2S. The molecule has 2 aliphatic carbocycles. The van der Waals surface area contributed by atoms with Gasteiger partial charge in [-0.25, -0.2) is 0 Å². The van der Waals surface area contributed by atoms with E-state index in [9.17, 15) is 0 Å². The number of hydrogen-bond acceptors (Lipinski definition) is 3. The number of rotatable bonds is 3. The van der Waals surface area contributed by atoms with Gasteiger partial charge in [-0.2, -0.15) is 0 Å². The lowest BCUT2D eigenvalue weighted by Crippen LogP contribution is -2.61. The first kappa shape index (κ1) is 45.4. The van der Waals surface area contributed by atoms with Crippen molar-refractivity contribution in [2.75, 3.05) is 9.80 Å². The van der Waals surface area contributed by atoms with Crippen LogP contribution in [0.25, 0.3) is 21.2 Å². The molecular weight excluding hydrogens is 840 g/mol. The molecule has 2 aliphatic heterocycles. The molecule has 11 rings (SSSR count). The highest BCUT2D eigenvalue weighted by Gasteiger charge is 2.49. The Morgan fingerprint density at radius 2 is 1.10 bits per heavy atom. The Hall–Kier alpha value is -5.06. The van der Waals surface area contributed by atoms with Crippen molar-refractivity contribution < 1.29 is 0 Å². The van der Waals surface area contributed by atoms with Crippen molar-refractivity contribution in [3.8, 4) is 11.1 Å². The van der Waals surface area contributed by atoms with Crippen LogP contribution >= 0.6 is 11.3 Å². The molecule has 0 fully saturated rings. The third kappa shape index (κ3) is 7.07. The minimum Gasteiger partial charge on any atom is -0.311 e. The molecule has 0 N–H and O–H groups in total. The molecule has 1 aromatic heterocycles. The Balaban J connectivity index is 1.32. The summed E-state index contributed by atoms with van der Waals surface area (Å²) in [6.45, 7) is 36.2. The summed E-state index contributed by atoms with van der Waals surface area (Å²) in [6, 6.07) is 44.0. The maximum absolute atomic E-state index is 2.76. The molecule has 0 bridgehead atoms.